The molecule has 0 unspecified atom stereocenters. The van der Waals surface area contributed by atoms with Crippen LogP contribution in [0.15, 0.2) is 52.9 Å². The van der Waals surface area contributed by atoms with Crippen molar-refractivity contribution in [3.8, 4) is 11.1 Å². The first kappa shape index (κ1) is 10.2. The van der Waals surface area contributed by atoms with Gasteiger partial charge < -0.3 is 4.42 Å². The lowest BCUT2D eigenvalue weighted by molar-refractivity contribution is 0.575. The highest BCUT2D eigenvalue weighted by Crippen LogP contribution is 2.29. The largest absolute Gasteiger partial charge is 0.461 e. The predicted molar refractivity (Wildman–Crippen MR) is 71.1 cm³/mol. The van der Waals surface area contributed by atoms with Crippen molar-refractivity contribution in [1.82, 2.24) is 0 Å². The molecule has 0 atom stereocenters. The molecule has 1 aromatic heterocycles. The van der Waals surface area contributed by atoms with E-state index < -0.39 is 0 Å². The van der Waals surface area contributed by atoms with E-state index in [1.54, 1.807) is 0 Å². The summed E-state index contributed by atoms with van der Waals surface area (Å²) in [6.07, 6.45) is 0. The Morgan fingerprint density at radius 1 is 0.824 bits per heavy atom. The quantitative estimate of drug-likeness (QED) is 0.580. The monoisotopic (exact) mass is 222 g/mol. The van der Waals surface area contributed by atoms with Gasteiger partial charge in [-0.05, 0) is 36.6 Å². The van der Waals surface area contributed by atoms with Gasteiger partial charge in [0, 0.05) is 5.39 Å². The highest BCUT2D eigenvalue weighted by atomic mass is 16.3. The fraction of sp³-hybridized carbons (Fsp3) is 0.125. The van der Waals surface area contributed by atoms with Crippen LogP contribution in [0.5, 0.6) is 0 Å². The number of benzene rings is 2. The third-order valence-corrected chi connectivity index (χ3v) is 3.28. The Morgan fingerprint density at radius 3 is 2.35 bits per heavy atom. The smallest absolute Gasteiger partial charge is 0.135 e. The second kappa shape index (κ2) is 3.77. The van der Waals surface area contributed by atoms with E-state index in [-0.39, 0.29) is 0 Å². The van der Waals surface area contributed by atoms with Crippen molar-refractivity contribution in [2.24, 2.45) is 0 Å². The normalized spacial score (nSPS) is 10.9. The Bertz CT molecular complexity index is 663. The maximum atomic E-state index is 5.76. The van der Waals surface area contributed by atoms with Crippen LogP contribution in [-0.4, -0.2) is 0 Å². The van der Waals surface area contributed by atoms with E-state index in [0.717, 1.165) is 11.3 Å². The lowest BCUT2D eigenvalue weighted by Gasteiger charge is -2.00. The second-order valence-corrected chi connectivity index (χ2v) is 4.36. The Hall–Kier alpha value is -2.02. The van der Waals surface area contributed by atoms with Gasteiger partial charge in [-0.1, -0.05) is 42.5 Å². The minimum absolute atomic E-state index is 0.973. The van der Waals surface area contributed by atoms with E-state index in [4.69, 9.17) is 4.42 Å². The van der Waals surface area contributed by atoms with Crippen LogP contribution in [0.25, 0.3) is 22.1 Å². The van der Waals surface area contributed by atoms with Crippen LogP contribution in [0.2, 0.25) is 0 Å². The van der Waals surface area contributed by atoms with Crippen molar-refractivity contribution in [1.29, 1.82) is 0 Å². The number of aryl methyl sites for hydroxylation is 2. The van der Waals surface area contributed by atoms with E-state index in [9.17, 15) is 0 Å². The molecule has 17 heavy (non-hydrogen) atoms. The number of hydrogen-bond acceptors (Lipinski definition) is 1. The van der Waals surface area contributed by atoms with Crippen LogP contribution in [0.4, 0.5) is 0 Å². The van der Waals surface area contributed by atoms with E-state index >= 15 is 0 Å². The van der Waals surface area contributed by atoms with Crippen LogP contribution in [0, 0.1) is 13.8 Å². The van der Waals surface area contributed by atoms with E-state index in [2.05, 4.69) is 49.4 Å². The molecular formula is C16H14O. The molecule has 0 radical (unpaired) electrons. The van der Waals surface area contributed by atoms with Crippen molar-refractivity contribution < 1.29 is 4.42 Å². The topological polar surface area (TPSA) is 13.1 Å². The molecule has 0 N–H and O–H groups in total. The Labute approximate surface area is 101 Å². The van der Waals surface area contributed by atoms with Crippen LogP contribution in [-0.2, 0) is 0 Å². The molecule has 3 rings (SSSR count). The molecule has 1 heteroatoms. The lowest BCUT2D eigenvalue weighted by atomic mass is 10.0. The Morgan fingerprint density at radius 2 is 1.59 bits per heavy atom. The summed E-state index contributed by atoms with van der Waals surface area (Å²) in [5.74, 6) is 1.00. The van der Waals surface area contributed by atoms with Crippen molar-refractivity contribution in [3.05, 3.63) is 59.9 Å². The molecule has 1 nitrogen and oxygen atoms in total. The third kappa shape index (κ3) is 1.64. The molecule has 0 aliphatic carbocycles. The van der Waals surface area contributed by atoms with E-state index in [1.807, 2.05) is 13.0 Å². The summed E-state index contributed by atoms with van der Waals surface area (Å²) in [6.45, 7) is 4.11. The molecule has 84 valence electrons. The van der Waals surface area contributed by atoms with Gasteiger partial charge in [0.25, 0.3) is 0 Å². The zero-order valence-corrected chi connectivity index (χ0v) is 10.0. The average Bonchev–Trinajstić information content (AvgIpc) is 2.66. The summed E-state index contributed by atoms with van der Waals surface area (Å²) < 4.78 is 5.76. The van der Waals surface area contributed by atoms with Crippen LogP contribution < -0.4 is 0 Å². The van der Waals surface area contributed by atoms with Gasteiger partial charge in [0.05, 0.1) is 0 Å². The molecule has 0 aliphatic heterocycles. The highest BCUT2D eigenvalue weighted by Gasteiger charge is 2.07. The van der Waals surface area contributed by atoms with Crippen molar-refractivity contribution >= 4 is 11.0 Å². The zero-order valence-electron chi connectivity index (χ0n) is 10.0. The summed E-state index contributed by atoms with van der Waals surface area (Å²) in [5.41, 5.74) is 4.63. The second-order valence-electron chi connectivity index (χ2n) is 4.36. The summed E-state index contributed by atoms with van der Waals surface area (Å²) in [7, 11) is 0. The summed E-state index contributed by atoms with van der Waals surface area (Å²) >= 11 is 0. The van der Waals surface area contributed by atoms with E-state index in [0.29, 0.717) is 0 Å². The molecule has 0 saturated carbocycles. The fourth-order valence-electron chi connectivity index (χ4n) is 2.16. The Kier molecular flexibility index (Phi) is 2.25. The van der Waals surface area contributed by atoms with Crippen LogP contribution >= 0.6 is 0 Å². The molecule has 1 heterocycles. The summed E-state index contributed by atoms with van der Waals surface area (Å²) in [6, 6.07) is 16.8. The number of furan rings is 1. The van der Waals surface area contributed by atoms with Crippen LogP contribution in [0.1, 0.15) is 11.3 Å². The van der Waals surface area contributed by atoms with Gasteiger partial charge in [-0.25, -0.2) is 0 Å². The molecule has 2 aromatic carbocycles. The molecule has 3 aromatic rings. The van der Waals surface area contributed by atoms with Gasteiger partial charge in [-0.15, -0.1) is 0 Å². The van der Waals surface area contributed by atoms with Crippen molar-refractivity contribution in [2.45, 2.75) is 13.8 Å². The van der Waals surface area contributed by atoms with Gasteiger partial charge in [0.15, 0.2) is 0 Å². The maximum Gasteiger partial charge on any atom is 0.135 e. The first-order valence-electron chi connectivity index (χ1n) is 5.81. The average molecular weight is 222 g/mol. The standard InChI is InChI=1S/C16H14O/c1-11-12(2)17-16-10-14(8-9-15(11)16)13-6-4-3-5-7-13/h3-10H,1-2H3. The third-order valence-electron chi connectivity index (χ3n) is 3.28. The predicted octanol–water partition coefficient (Wildman–Crippen LogP) is 4.72. The molecule has 0 fully saturated rings. The lowest BCUT2D eigenvalue weighted by Crippen LogP contribution is -1.76. The van der Waals surface area contributed by atoms with Gasteiger partial charge in [0.1, 0.15) is 11.3 Å². The fourth-order valence-corrected chi connectivity index (χ4v) is 2.16. The molecule has 0 bridgehead atoms. The molecular weight excluding hydrogens is 208 g/mol. The van der Waals surface area contributed by atoms with Crippen molar-refractivity contribution in [2.75, 3.05) is 0 Å². The maximum absolute atomic E-state index is 5.76. The summed E-state index contributed by atoms with van der Waals surface area (Å²) in [4.78, 5) is 0. The minimum atomic E-state index is 0.973. The number of rotatable bonds is 1. The SMILES string of the molecule is Cc1oc2cc(-c3ccccc3)ccc2c1C. The minimum Gasteiger partial charge on any atom is -0.461 e. The number of hydrogen-bond donors (Lipinski definition) is 0. The van der Waals surface area contributed by atoms with E-state index in [1.165, 1.54) is 22.1 Å². The van der Waals surface area contributed by atoms with Gasteiger partial charge in [-0.2, -0.15) is 0 Å². The van der Waals surface area contributed by atoms with Gasteiger partial charge in [-0.3, -0.25) is 0 Å². The molecule has 0 aliphatic rings. The van der Waals surface area contributed by atoms with Gasteiger partial charge in [0.2, 0.25) is 0 Å². The van der Waals surface area contributed by atoms with Crippen molar-refractivity contribution in [3.63, 3.8) is 0 Å². The molecule has 0 amide bonds. The summed E-state index contributed by atoms with van der Waals surface area (Å²) in [5, 5.41) is 1.21. The van der Waals surface area contributed by atoms with Gasteiger partial charge >= 0.3 is 0 Å². The molecule has 0 spiro atoms. The number of fused-ring (bicyclic) bond motifs is 1. The first-order valence-corrected chi connectivity index (χ1v) is 5.81. The first-order chi connectivity index (χ1) is 8.25. The zero-order chi connectivity index (χ0) is 11.8. The Balaban J connectivity index is 2.21. The van der Waals surface area contributed by atoms with Crippen LogP contribution in [0.3, 0.4) is 0 Å². The molecule has 0 saturated heterocycles. The highest BCUT2D eigenvalue weighted by molar-refractivity contribution is 5.86.